The smallest absolute Gasteiger partial charge is 0.337 e. The van der Waals surface area contributed by atoms with Crippen LogP contribution in [0.15, 0.2) is 47.6 Å². The lowest BCUT2D eigenvalue weighted by atomic mass is 10.2. The van der Waals surface area contributed by atoms with Crippen LogP contribution in [0, 0.1) is 0 Å². The Kier molecular flexibility index (Phi) is 6.30. The number of nitrogens with zero attached hydrogens (tertiary/aromatic N) is 1. The molecule has 0 radical (unpaired) electrons. The molecule has 25 heavy (non-hydrogen) atoms. The Hall–Kier alpha value is -3.13. The monoisotopic (exact) mass is 359 g/mol. The van der Waals surface area contributed by atoms with Crippen LogP contribution in [0.4, 0.5) is 5.69 Å². The molecule has 0 aliphatic heterocycles. The van der Waals surface area contributed by atoms with Crippen LogP contribution < -0.4 is 15.5 Å². The zero-order chi connectivity index (χ0) is 18.2. The SMILES string of the molecule is COC(=O)c1cccc(NC(=S)N/N=C/c2ccc(O)c(OC)c2)c1. The lowest BCUT2D eigenvalue weighted by Gasteiger charge is -2.08. The summed E-state index contributed by atoms with van der Waals surface area (Å²) in [6, 6.07) is 11.6. The normalized spacial score (nSPS) is 10.3. The first-order valence-corrected chi connectivity index (χ1v) is 7.59. The van der Waals surface area contributed by atoms with Crippen LogP contribution in [0.5, 0.6) is 11.5 Å². The van der Waals surface area contributed by atoms with Gasteiger partial charge in [-0.05, 0) is 54.2 Å². The van der Waals surface area contributed by atoms with Gasteiger partial charge in [-0.2, -0.15) is 5.10 Å². The van der Waals surface area contributed by atoms with Gasteiger partial charge in [-0.3, -0.25) is 5.43 Å². The van der Waals surface area contributed by atoms with Crippen molar-refractivity contribution in [2.24, 2.45) is 5.10 Å². The second kappa shape index (κ2) is 8.65. The Morgan fingerprint density at radius 2 is 2.04 bits per heavy atom. The summed E-state index contributed by atoms with van der Waals surface area (Å²) in [4.78, 5) is 11.5. The molecular weight excluding hydrogens is 342 g/mol. The predicted molar refractivity (Wildman–Crippen MR) is 99.4 cm³/mol. The Morgan fingerprint density at radius 1 is 1.24 bits per heavy atom. The molecular formula is C17H17N3O4S. The molecule has 0 spiro atoms. The van der Waals surface area contributed by atoms with E-state index in [0.717, 1.165) is 5.56 Å². The number of carbonyl (C=O) groups is 1. The maximum absolute atomic E-state index is 11.5. The maximum atomic E-state index is 11.5. The van der Waals surface area contributed by atoms with Crippen LogP contribution in [-0.4, -0.2) is 36.6 Å². The molecule has 0 bridgehead atoms. The molecule has 0 fully saturated rings. The number of aromatic hydroxyl groups is 1. The number of phenols is 1. The molecule has 0 atom stereocenters. The molecule has 0 amide bonds. The predicted octanol–water partition coefficient (Wildman–Crippen LogP) is 2.51. The number of thiocarbonyl (C=S) groups is 1. The van der Waals surface area contributed by atoms with Gasteiger partial charge in [-0.15, -0.1) is 0 Å². The molecule has 0 unspecified atom stereocenters. The van der Waals surface area contributed by atoms with E-state index in [0.29, 0.717) is 17.0 Å². The molecule has 7 nitrogen and oxygen atoms in total. The Balaban J connectivity index is 1.95. The third-order valence-corrected chi connectivity index (χ3v) is 3.32. The first kappa shape index (κ1) is 18.2. The summed E-state index contributed by atoms with van der Waals surface area (Å²) in [7, 11) is 2.79. The first-order chi connectivity index (χ1) is 12.0. The van der Waals surface area contributed by atoms with E-state index in [-0.39, 0.29) is 10.9 Å². The van der Waals surface area contributed by atoms with E-state index in [1.54, 1.807) is 36.4 Å². The van der Waals surface area contributed by atoms with Crippen LogP contribution in [0.25, 0.3) is 0 Å². The number of ether oxygens (including phenoxy) is 2. The highest BCUT2D eigenvalue weighted by atomic mass is 32.1. The van der Waals surface area contributed by atoms with Gasteiger partial charge in [-0.1, -0.05) is 6.07 Å². The van der Waals surface area contributed by atoms with Gasteiger partial charge in [0.25, 0.3) is 0 Å². The Bertz CT molecular complexity index is 808. The molecule has 130 valence electrons. The quantitative estimate of drug-likeness (QED) is 0.327. The fourth-order valence-electron chi connectivity index (χ4n) is 1.94. The van der Waals surface area contributed by atoms with Gasteiger partial charge in [0.15, 0.2) is 16.6 Å². The Labute approximate surface area is 150 Å². The zero-order valence-corrected chi connectivity index (χ0v) is 14.5. The molecule has 0 aliphatic carbocycles. The molecule has 2 aromatic rings. The average molecular weight is 359 g/mol. The third-order valence-electron chi connectivity index (χ3n) is 3.13. The van der Waals surface area contributed by atoms with Crippen LogP contribution in [0.3, 0.4) is 0 Å². The first-order valence-electron chi connectivity index (χ1n) is 7.19. The summed E-state index contributed by atoms with van der Waals surface area (Å²) < 4.78 is 9.69. The molecule has 2 rings (SSSR count). The standard InChI is InChI=1S/C17H17N3O4S/c1-23-15-8-11(6-7-14(15)21)10-18-20-17(25)19-13-5-3-4-12(9-13)16(22)24-2/h3-10,21H,1-2H3,(H2,19,20,25)/b18-10+. The average Bonchev–Trinajstić information content (AvgIpc) is 2.62. The van der Waals surface area contributed by atoms with Crippen LogP contribution in [-0.2, 0) is 4.74 Å². The largest absolute Gasteiger partial charge is 0.504 e. The fraction of sp³-hybridized carbons (Fsp3) is 0.118. The van der Waals surface area contributed by atoms with Gasteiger partial charge in [0.2, 0.25) is 0 Å². The molecule has 8 heteroatoms. The summed E-state index contributed by atoms with van der Waals surface area (Å²) in [6.45, 7) is 0. The number of carbonyl (C=O) groups excluding carboxylic acids is 1. The van der Waals surface area contributed by atoms with Crippen LogP contribution in [0.1, 0.15) is 15.9 Å². The van der Waals surface area contributed by atoms with Gasteiger partial charge < -0.3 is 19.9 Å². The summed E-state index contributed by atoms with van der Waals surface area (Å²) in [5.74, 6) is -0.0265. The topological polar surface area (TPSA) is 92.2 Å². The number of hydrogen-bond acceptors (Lipinski definition) is 6. The van der Waals surface area contributed by atoms with Crippen LogP contribution >= 0.6 is 12.2 Å². The summed E-state index contributed by atoms with van der Waals surface area (Å²) in [5, 5.41) is 16.7. The molecule has 0 saturated carbocycles. The minimum Gasteiger partial charge on any atom is -0.504 e. The second-order valence-corrected chi connectivity index (χ2v) is 5.24. The number of esters is 1. The van der Waals surface area contributed by atoms with Crippen molar-refractivity contribution >= 4 is 35.2 Å². The molecule has 0 heterocycles. The summed E-state index contributed by atoms with van der Waals surface area (Å²) in [6.07, 6.45) is 1.53. The number of rotatable bonds is 5. The van der Waals surface area contributed by atoms with Gasteiger partial charge >= 0.3 is 5.97 Å². The molecule has 0 aromatic heterocycles. The van der Waals surface area contributed by atoms with E-state index in [9.17, 15) is 9.90 Å². The van der Waals surface area contributed by atoms with Crippen molar-refractivity contribution in [3.05, 3.63) is 53.6 Å². The number of methoxy groups -OCH3 is 2. The minimum atomic E-state index is -0.429. The van der Waals surface area contributed by atoms with Crippen molar-refractivity contribution in [2.75, 3.05) is 19.5 Å². The van der Waals surface area contributed by atoms with E-state index in [1.807, 2.05) is 0 Å². The maximum Gasteiger partial charge on any atom is 0.337 e. The second-order valence-electron chi connectivity index (χ2n) is 4.83. The van der Waals surface area contributed by atoms with Crippen molar-refractivity contribution in [1.82, 2.24) is 5.43 Å². The van der Waals surface area contributed by atoms with Crippen molar-refractivity contribution in [2.45, 2.75) is 0 Å². The molecule has 2 aromatic carbocycles. The third kappa shape index (κ3) is 5.18. The highest BCUT2D eigenvalue weighted by Gasteiger charge is 2.06. The fourth-order valence-corrected chi connectivity index (χ4v) is 2.11. The van der Waals surface area contributed by atoms with Crippen LogP contribution in [0.2, 0.25) is 0 Å². The van der Waals surface area contributed by atoms with Gasteiger partial charge in [0.05, 0.1) is 26.0 Å². The number of nitrogens with one attached hydrogen (secondary N) is 2. The van der Waals surface area contributed by atoms with Gasteiger partial charge in [-0.25, -0.2) is 4.79 Å². The molecule has 0 saturated heterocycles. The van der Waals surface area contributed by atoms with Crippen molar-refractivity contribution in [3.8, 4) is 11.5 Å². The summed E-state index contributed by atoms with van der Waals surface area (Å²) >= 11 is 5.14. The Morgan fingerprint density at radius 3 is 2.76 bits per heavy atom. The van der Waals surface area contributed by atoms with E-state index in [4.69, 9.17) is 17.0 Å². The van der Waals surface area contributed by atoms with E-state index < -0.39 is 5.97 Å². The van der Waals surface area contributed by atoms with Gasteiger partial charge in [0, 0.05) is 5.69 Å². The molecule has 3 N–H and O–H groups in total. The number of benzene rings is 2. The number of hydrogen-bond donors (Lipinski definition) is 3. The lowest BCUT2D eigenvalue weighted by molar-refractivity contribution is 0.0601. The number of anilines is 1. The van der Waals surface area contributed by atoms with Crippen molar-refractivity contribution < 1.29 is 19.4 Å². The highest BCUT2D eigenvalue weighted by molar-refractivity contribution is 7.80. The summed E-state index contributed by atoms with van der Waals surface area (Å²) in [5.41, 5.74) is 4.42. The van der Waals surface area contributed by atoms with Crippen molar-refractivity contribution in [1.29, 1.82) is 0 Å². The van der Waals surface area contributed by atoms with Crippen molar-refractivity contribution in [3.63, 3.8) is 0 Å². The minimum absolute atomic E-state index is 0.0512. The highest BCUT2D eigenvalue weighted by Crippen LogP contribution is 2.25. The van der Waals surface area contributed by atoms with E-state index in [1.165, 1.54) is 26.5 Å². The zero-order valence-electron chi connectivity index (χ0n) is 13.6. The van der Waals surface area contributed by atoms with Gasteiger partial charge in [0.1, 0.15) is 0 Å². The van der Waals surface area contributed by atoms with E-state index in [2.05, 4.69) is 20.6 Å². The number of hydrazone groups is 1. The molecule has 0 aliphatic rings. The number of phenolic OH excluding ortho intramolecular Hbond substituents is 1. The van der Waals surface area contributed by atoms with E-state index >= 15 is 0 Å². The lowest BCUT2D eigenvalue weighted by Crippen LogP contribution is -2.24.